The van der Waals surface area contributed by atoms with Crippen molar-refractivity contribution in [1.29, 1.82) is 0 Å². The van der Waals surface area contributed by atoms with E-state index in [0.29, 0.717) is 23.7 Å². The number of aryl methyl sites for hydroxylation is 2. The molecule has 0 N–H and O–H groups in total. The van der Waals surface area contributed by atoms with Crippen LogP contribution in [0.5, 0.6) is 11.5 Å². The molecule has 1 heterocycles. The maximum absolute atomic E-state index is 12.7. The van der Waals surface area contributed by atoms with Crippen molar-refractivity contribution in [3.8, 4) is 11.5 Å². The van der Waals surface area contributed by atoms with Gasteiger partial charge in [0, 0.05) is 29.1 Å². The highest BCUT2D eigenvalue weighted by atomic mass is 16.5. The highest BCUT2D eigenvalue weighted by molar-refractivity contribution is 5.96. The fraction of sp³-hybridized carbons (Fsp3) is 0.429. The standard InChI is InChI=1S/C21H27NO4/c1-5-6-7-10-26-21-13-17(8-9-20(21)25-4)19(24)14-22-15(2)11-18(23)12-16(22)3/h8-9,11-13H,5-7,10,14H2,1-4H3. The van der Waals surface area contributed by atoms with Gasteiger partial charge in [0.15, 0.2) is 22.7 Å². The first-order valence-corrected chi connectivity index (χ1v) is 8.98. The fourth-order valence-electron chi connectivity index (χ4n) is 2.87. The number of hydrogen-bond donors (Lipinski definition) is 0. The summed E-state index contributed by atoms with van der Waals surface area (Å²) in [6, 6.07) is 8.31. The van der Waals surface area contributed by atoms with Crippen LogP contribution in [0.25, 0.3) is 0 Å². The molecule has 0 bridgehead atoms. The summed E-state index contributed by atoms with van der Waals surface area (Å²) in [6.45, 7) is 6.58. The smallest absolute Gasteiger partial charge is 0.182 e. The van der Waals surface area contributed by atoms with Gasteiger partial charge in [0.05, 0.1) is 20.3 Å². The second kappa shape index (κ2) is 9.22. The molecule has 0 radical (unpaired) electrons. The molecule has 0 saturated carbocycles. The van der Waals surface area contributed by atoms with E-state index in [9.17, 15) is 9.59 Å². The van der Waals surface area contributed by atoms with Crippen LogP contribution >= 0.6 is 0 Å². The zero-order chi connectivity index (χ0) is 19.1. The molecule has 2 aromatic rings. The lowest BCUT2D eigenvalue weighted by Gasteiger charge is -2.15. The summed E-state index contributed by atoms with van der Waals surface area (Å²) in [5.41, 5.74) is 2.06. The first-order valence-electron chi connectivity index (χ1n) is 8.98. The van der Waals surface area contributed by atoms with Crippen molar-refractivity contribution in [3.63, 3.8) is 0 Å². The zero-order valence-corrected chi connectivity index (χ0v) is 16.0. The number of rotatable bonds is 9. The largest absolute Gasteiger partial charge is 0.493 e. The third-order valence-corrected chi connectivity index (χ3v) is 4.35. The second-order valence-corrected chi connectivity index (χ2v) is 6.40. The number of ether oxygens (including phenoxy) is 2. The van der Waals surface area contributed by atoms with Crippen molar-refractivity contribution in [2.75, 3.05) is 13.7 Å². The summed E-state index contributed by atoms with van der Waals surface area (Å²) >= 11 is 0. The molecule has 0 spiro atoms. The Labute approximate surface area is 154 Å². The Hall–Kier alpha value is -2.56. The number of unbranched alkanes of at least 4 members (excludes halogenated alkanes) is 2. The monoisotopic (exact) mass is 357 g/mol. The molecule has 0 aliphatic rings. The van der Waals surface area contributed by atoms with Gasteiger partial charge >= 0.3 is 0 Å². The number of carbonyl (C=O) groups is 1. The summed E-state index contributed by atoms with van der Waals surface area (Å²) in [6.07, 6.45) is 3.19. The van der Waals surface area contributed by atoms with Gasteiger partial charge in [0.2, 0.25) is 0 Å². The molecule has 26 heavy (non-hydrogen) atoms. The third-order valence-electron chi connectivity index (χ3n) is 4.35. The zero-order valence-electron chi connectivity index (χ0n) is 16.0. The van der Waals surface area contributed by atoms with Crippen LogP contribution in [-0.4, -0.2) is 24.1 Å². The lowest BCUT2D eigenvalue weighted by molar-refractivity contribution is 0.0969. The Morgan fingerprint density at radius 3 is 2.35 bits per heavy atom. The van der Waals surface area contributed by atoms with E-state index in [1.807, 2.05) is 18.4 Å². The molecule has 140 valence electrons. The van der Waals surface area contributed by atoms with Crippen molar-refractivity contribution >= 4 is 5.78 Å². The molecular weight excluding hydrogens is 330 g/mol. The van der Waals surface area contributed by atoms with Crippen molar-refractivity contribution in [3.05, 3.63) is 57.5 Å². The Bertz CT molecular complexity index is 797. The van der Waals surface area contributed by atoms with E-state index in [1.54, 1.807) is 25.3 Å². The van der Waals surface area contributed by atoms with Gasteiger partial charge in [0.25, 0.3) is 0 Å². The summed E-state index contributed by atoms with van der Waals surface area (Å²) in [7, 11) is 1.59. The highest BCUT2D eigenvalue weighted by Crippen LogP contribution is 2.28. The summed E-state index contributed by atoms with van der Waals surface area (Å²) < 4.78 is 13.0. The highest BCUT2D eigenvalue weighted by Gasteiger charge is 2.13. The molecule has 0 saturated heterocycles. The van der Waals surface area contributed by atoms with Crippen LogP contribution in [0.2, 0.25) is 0 Å². The number of carbonyl (C=O) groups excluding carboxylic acids is 1. The van der Waals surface area contributed by atoms with Crippen LogP contribution in [0.15, 0.2) is 35.1 Å². The van der Waals surface area contributed by atoms with E-state index < -0.39 is 0 Å². The SMILES string of the molecule is CCCCCOc1cc(C(=O)Cn2c(C)cc(=O)cc2C)ccc1OC. The van der Waals surface area contributed by atoms with Gasteiger partial charge in [-0.1, -0.05) is 19.8 Å². The first kappa shape index (κ1) is 19.8. The van der Waals surface area contributed by atoms with E-state index in [0.717, 1.165) is 30.7 Å². The minimum Gasteiger partial charge on any atom is -0.493 e. The molecule has 2 rings (SSSR count). The van der Waals surface area contributed by atoms with Crippen LogP contribution in [0, 0.1) is 13.8 Å². The quantitative estimate of drug-likeness (QED) is 0.504. The van der Waals surface area contributed by atoms with E-state index in [4.69, 9.17) is 9.47 Å². The first-order chi connectivity index (χ1) is 12.5. The molecule has 5 nitrogen and oxygen atoms in total. The lowest BCUT2D eigenvalue weighted by atomic mass is 10.1. The van der Waals surface area contributed by atoms with Gasteiger partial charge in [-0.05, 0) is 38.5 Å². The molecule has 0 fully saturated rings. The Balaban J connectivity index is 2.19. The number of benzene rings is 1. The van der Waals surface area contributed by atoms with Gasteiger partial charge in [-0.2, -0.15) is 0 Å². The molecule has 0 unspecified atom stereocenters. The molecule has 1 aromatic carbocycles. The van der Waals surface area contributed by atoms with Gasteiger partial charge in [-0.15, -0.1) is 0 Å². The maximum Gasteiger partial charge on any atom is 0.182 e. The topological polar surface area (TPSA) is 57.5 Å². The van der Waals surface area contributed by atoms with E-state index >= 15 is 0 Å². The molecular formula is C21H27NO4. The van der Waals surface area contributed by atoms with Gasteiger partial charge in [-0.25, -0.2) is 0 Å². The summed E-state index contributed by atoms with van der Waals surface area (Å²) in [5, 5.41) is 0. The molecule has 0 aliphatic carbocycles. The van der Waals surface area contributed by atoms with Gasteiger partial charge < -0.3 is 14.0 Å². The van der Waals surface area contributed by atoms with Crippen molar-refractivity contribution in [2.45, 2.75) is 46.6 Å². The molecule has 0 amide bonds. The summed E-state index contributed by atoms with van der Waals surface area (Å²) in [5.74, 6) is 1.16. The Morgan fingerprint density at radius 2 is 1.73 bits per heavy atom. The number of aromatic nitrogens is 1. The van der Waals surface area contributed by atoms with E-state index in [-0.39, 0.29) is 17.8 Å². The minimum atomic E-state index is -0.0455. The van der Waals surface area contributed by atoms with Crippen LogP contribution in [-0.2, 0) is 6.54 Å². The lowest BCUT2D eigenvalue weighted by Crippen LogP contribution is -2.18. The normalized spacial score (nSPS) is 10.6. The minimum absolute atomic E-state index is 0.0408. The van der Waals surface area contributed by atoms with Gasteiger partial charge in [-0.3, -0.25) is 9.59 Å². The number of nitrogens with zero attached hydrogens (tertiary/aromatic N) is 1. The number of pyridine rings is 1. The average molecular weight is 357 g/mol. The van der Waals surface area contributed by atoms with Crippen LogP contribution in [0.4, 0.5) is 0 Å². The Kier molecular flexibility index (Phi) is 7.01. The van der Waals surface area contributed by atoms with Crippen molar-refractivity contribution in [2.24, 2.45) is 0 Å². The summed E-state index contributed by atoms with van der Waals surface area (Å²) in [4.78, 5) is 24.3. The Morgan fingerprint density at radius 1 is 1.04 bits per heavy atom. The number of hydrogen-bond acceptors (Lipinski definition) is 4. The van der Waals surface area contributed by atoms with E-state index in [1.165, 1.54) is 12.1 Å². The van der Waals surface area contributed by atoms with Crippen molar-refractivity contribution in [1.82, 2.24) is 4.57 Å². The predicted octanol–water partition coefficient (Wildman–Crippen LogP) is 3.93. The molecule has 1 aromatic heterocycles. The predicted molar refractivity (Wildman–Crippen MR) is 103 cm³/mol. The number of ketones is 1. The van der Waals surface area contributed by atoms with Gasteiger partial charge in [0.1, 0.15) is 0 Å². The molecule has 0 aliphatic heterocycles. The molecule has 0 atom stereocenters. The maximum atomic E-state index is 12.7. The third kappa shape index (κ3) is 4.97. The fourth-order valence-corrected chi connectivity index (χ4v) is 2.87. The molecule has 5 heteroatoms. The van der Waals surface area contributed by atoms with Crippen LogP contribution in [0.3, 0.4) is 0 Å². The number of Topliss-reactive ketones (excluding diaryl/α,β-unsaturated/α-hetero) is 1. The van der Waals surface area contributed by atoms with E-state index in [2.05, 4.69) is 6.92 Å². The number of methoxy groups -OCH3 is 1. The second-order valence-electron chi connectivity index (χ2n) is 6.40. The van der Waals surface area contributed by atoms with Crippen LogP contribution in [0.1, 0.15) is 47.9 Å². The van der Waals surface area contributed by atoms with Crippen molar-refractivity contribution < 1.29 is 14.3 Å². The van der Waals surface area contributed by atoms with Crippen LogP contribution < -0.4 is 14.9 Å². The average Bonchev–Trinajstić information content (AvgIpc) is 2.61.